The zero-order valence-corrected chi connectivity index (χ0v) is 11.7. The number of anilines is 1. The number of amides is 1. The second kappa shape index (κ2) is 5.58. The molecule has 1 saturated heterocycles. The van der Waals surface area contributed by atoms with E-state index in [-0.39, 0.29) is 31.1 Å². The number of hydrogen-bond acceptors (Lipinski definition) is 4. The predicted octanol–water partition coefficient (Wildman–Crippen LogP) is 1.81. The quantitative estimate of drug-likeness (QED) is 0.843. The van der Waals surface area contributed by atoms with Gasteiger partial charge in [0.25, 0.3) is 5.91 Å². The molecule has 2 aromatic rings. The molecule has 0 radical (unpaired) electrons. The summed E-state index contributed by atoms with van der Waals surface area (Å²) in [6, 6.07) is 3.31. The smallest absolute Gasteiger partial charge is 0.416 e. The maximum Gasteiger partial charge on any atom is 0.423 e. The molecule has 3 rings (SSSR count). The van der Waals surface area contributed by atoms with Crippen LogP contribution in [0.5, 0.6) is 0 Å². The monoisotopic (exact) mass is 328 g/mol. The number of alkyl halides is 3. The molecule has 1 fully saturated rings. The van der Waals surface area contributed by atoms with E-state index >= 15 is 0 Å². The molecule has 1 aliphatic rings. The largest absolute Gasteiger partial charge is 0.423 e. The minimum atomic E-state index is -4.68. The molecule has 122 valence electrons. The van der Waals surface area contributed by atoms with Gasteiger partial charge >= 0.3 is 11.9 Å². The Morgan fingerprint density at radius 2 is 1.96 bits per heavy atom. The SMILES string of the molecule is O=C1COCCN1c1ccc(-n2ccoc2=O)cc1C(F)(F)F. The van der Waals surface area contributed by atoms with Crippen LogP contribution in [0.2, 0.25) is 0 Å². The van der Waals surface area contributed by atoms with Crippen LogP contribution in [-0.4, -0.2) is 30.2 Å². The number of halogens is 3. The van der Waals surface area contributed by atoms with Crippen LogP contribution < -0.4 is 10.7 Å². The van der Waals surface area contributed by atoms with Crippen LogP contribution in [0, 0.1) is 0 Å². The summed E-state index contributed by atoms with van der Waals surface area (Å²) in [5.74, 6) is -1.34. The summed E-state index contributed by atoms with van der Waals surface area (Å²) in [6.07, 6.45) is -2.39. The van der Waals surface area contributed by atoms with E-state index in [1.165, 1.54) is 18.3 Å². The summed E-state index contributed by atoms with van der Waals surface area (Å²) < 4.78 is 50.5. The van der Waals surface area contributed by atoms with E-state index in [0.717, 1.165) is 21.8 Å². The average molecular weight is 328 g/mol. The fourth-order valence-corrected chi connectivity index (χ4v) is 2.37. The molecule has 0 N–H and O–H groups in total. The summed E-state index contributed by atoms with van der Waals surface area (Å²) in [6.45, 7) is -0.0703. The molecule has 0 atom stereocenters. The fraction of sp³-hybridized carbons (Fsp3) is 0.286. The number of nitrogens with zero attached hydrogens (tertiary/aromatic N) is 2. The first kappa shape index (κ1) is 15.3. The molecule has 9 heteroatoms. The molecule has 23 heavy (non-hydrogen) atoms. The average Bonchev–Trinajstić information content (AvgIpc) is 2.92. The van der Waals surface area contributed by atoms with Gasteiger partial charge in [-0.3, -0.25) is 4.79 Å². The lowest BCUT2D eigenvalue weighted by atomic mass is 10.1. The van der Waals surface area contributed by atoms with E-state index in [0.29, 0.717) is 0 Å². The highest BCUT2D eigenvalue weighted by molar-refractivity contribution is 5.95. The number of benzene rings is 1. The van der Waals surface area contributed by atoms with Gasteiger partial charge in [-0.15, -0.1) is 0 Å². The number of carbonyl (C=O) groups is 1. The molecule has 0 spiro atoms. The maximum atomic E-state index is 13.4. The van der Waals surface area contributed by atoms with Crippen molar-refractivity contribution in [2.75, 3.05) is 24.7 Å². The fourth-order valence-electron chi connectivity index (χ4n) is 2.37. The molecule has 1 aliphatic heterocycles. The second-order valence-electron chi connectivity index (χ2n) is 4.84. The van der Waals surface area contributed by atoms with Gasteiger partial charge in [-0.05, 0) is 18.2 Å². The molecule has 1 amide bonds. The van der Waals surface area contributed by atoms with Crippen molar-refractivity contribution in [3.8, 4) is 5.69 Å². The third-order valence-corrected chi connectivity index (χ3v) is 3.42. The van der Waals surface area contributed by atoms with E-state index in [4.69, 9.17) is 4.74 Å². The molecule has 2 heterocycles. The van der Waals surface area contributed by atoms with E-state index in [1.807, 2.05) is 0 Å². The van der Waals surface area contributed by atoms with E-state index < -0.39 is 23.4 Å². The number of aromatic nitrogens is 1. The third-order valence-electron chi connectivity index (χ3n) is 3.42. The maximum absolute atomic E-state index is 13.4. The van der Waals surface area contributed by atoms with E-state index in [1.54, 1.807) is 0 Å². The van der Waals surface area contributed by atoms with Gasteiger partial charge in [0.1, 0.15) is 12.9 Å². The van der Waals surface area contributed by atoms with E-state index in [9.17, 15) is 22.8 Å². The Morgan fingerprint density at radius 3 is 2.57 bits per heavy atom. The van der Waals surface area contributed by atoms with Crippen molar-refractivity contribution in [1.82, 2.24) is 4.57 Å². The molecule has 0 saturated carbocycles. The zero-order valence-electron chi connectivity index (χ0n) is 11.7. The van der Waals surface area contributed by atoms with Crippen LogP contribution in [0.15, 0.2) is 39.9 Å². The highest BCUT2D eigenvalue weighted by atomic mass is 19.4. The van der Waals surface area contributed by atoms with Crippen LogP contribution >= 0.6 is 0 Å². The summed E-state index contributed by atoms with van der Waals surface area (Å²) in [4.78, 5) is 24.3. The minimum Gasteiger partial charge on any atom is -0.416 e. The van der Waals surface area contributed by atoms with Crippen LogP contribution in [0.4, 0.5) is 18.9 Å². The Balaban J connectivity index is 2.12. The van der Waals surface area contributed by atoms with Crippen molar-refractivity contribution in [1.29, 1.82) is 0 Å². The highest BCUT2D eigenvalue weighted by Crippen LogP contribution is 2.38. The first-order valence-electron chi connectivity index (χ1n) is 6.64. The Bertz CT molecular complexity index is 794. The Hall–Kier alpha value is -2.55. The number of hydrogen-bond donors (Lipinski definition) is 0. The molecule has 6 nitrogen and oxygen atoms in total. The molecular weight excluding hydrogens is 317 g/mol. The van der Waals surface area contributed by atoms with Crippen molar-refractivity contribution in [3.63, 3.8) is 0 Å². The Morgan fingerprint density at radius 1 is 1.17 bits per heavy atom. The van der Waals surface area contributed by atoms with Crippen LogP contribution in [0.3, 0.4) is 0 Å². The first-order chi connectivity index (χ1) is 10.9. The van der Waals surface area contributed by atoms with Gasteiger partial charge in [-0.1, -0.05) is 0 Å². The van der Waals surface area contributed by atoms with Gasteiger partial charge in [0.15, 0.2) is 0 Å². The normalized spacial score (nSPS) is 16.0. The lowest BCUT2D eigenvalue weighted by Gasteiger charge is -2.29. The molecular formula is C14H11F3N2O4. The summed E-state index contributed by atoms with van der Waals surface area (Å²) in [5, 5.41) is 0. The van der Waals surface area contributed by atoms with Crippen LogP contribution in [0.1, 0.15) is 5.56 Å². The lowest BCUT2D eigenvalue weighted by molar-refractivity contribution is -0.137. The van der Waals surface area contributed by atoms with Gasteiger partial charge in [0.2, 0.25) is 0 Å². The van der Waals surface area contributed by atoms with Crippen molar-refractivity contribution >= 4 is 11.6 Å². The Labute approximate surface area is 127 Å². The first-order valence-corrected chi connectivity index (χ1v) is 6.64. The minimum absolute atomic E-state index is 0.000494. The summed E-state index contributed by atoms with van der Waals surface area (Å²) in [5.41, 5.74) is -1.26. The van der Waals surface area contributed by atoms with Crippen molar-refractivity contribution < 1.29 is 27.1 Å². The van der Waals surface area contributed by atoms with Crippen molar-refractivity contribution in [2.45, 2.75) is 6.18 Å². The molecule has 0 aliphatic carbocycles. The zero-order chi connectivity index (χ0) is 16.6. The number of rotatable bonds is 2. The van der Waals surface area contributed by atoms with Crippen molar-refractivity contribution in [3.05, 3.63) is 46.8 Å². The third kappa shape index (κ3) is 2.87. The Kier molecular flexibility index (Phi) is 3.72. The predicted molar refractivity (Wildman–Crippen MR) is 72.5 cm³/mol. The lowest BCUT2D eigenvalue weighted by Crippen LogP contribution is -2.42. The van der Waals surface area contributed by atoms with Gasteiger partial charge in [0, 0.05) is 6.54 Å². The van der Waals surface area contributed by atoms with E-state index in [2.05, 4.69) is 4.42 Å². The molecule has 0 bridgehead atoms. The molecule has 0 unspecified atom stereocenters. The van der Waals surface area contributed by atoms with Gasteiger partial charge in [-0.25, -0.2) is 9.36 Å². The number of morpholine rings is 1. The summed E-state index contributed by atoms with van der Waals surface area (Å²) in [7, 11) is 0. The van der Waals surface area contributed by atoms with Crippen LogP contribution in [-0.2, 0) is 15.7 Å². The number of carbonyl (C=O) groups excluding carboxylic acids is 1. The molecule has 1 aromatic carbocycles. The standard InChI is InChI=1S/C14H11F3N2O4/c15-14(16,17)10-7-9(18-4-6-23-13(18)21)1-2-11(10)19-3-5-22-8-12(19)20/h1-2,4,6-7H,3,5,8H2. The van der Waals surface area contributed by atoms with Gasteiger partial charge in [0.05, 0.1) is 29.7 Å². The van der Waals surface area contributed by atoms with Crippen LogP contribution in [0.25, 0.3) is 5.69 Å². The summed E-state index contributed by atoms with van der Waals surface area (Å²) >= 11 is 0. The van der Waals surface area contributed by atoms with Crippen molar-refractivity contribution in [2.24, 2.45) is 0 Å². The van der Waals surface area contributed by atoms with Gasteiger partial charge < -0.3 is 14.1 Å². The van der Waals surface area contributed by atoms with Gasteiger partial charge in [-0.2, -0.15) is 13.2 Å². The topological polar surface area (TPSA) is 64.7 Å². The number of oxazole rings is 1. The number of ether oxygens (including phenoxy) is 1. The highest BCUT2D eigenvalue weighted by Gasteiger charge is 2.37. The second-order valence-corrected chi connectivity index (χ2v) is 4.84. The molecule has 1 aromatic heterocycles.